The van der Waals surface area contributed by atoms with Crippen LogP contribution in [0.25, 0.3) is 0 Å². The molecule has 20 heavy (non-hydrogen) atoms. The average Bonchev–Trinajstić information content (AvgIpc) is 2.40. The van der Waals surface area contributed by atoms with Gasteiger partial charge in [-0.25, -0.2) is 8.42 Å². The molecule has 3 nitrogen and oxygen atoms in total. The van der Waals surface area contributed by atoms with Gasteiger partial charge in [0.05, 0.1) is 14.9 Å². The molecule has 0 aliphatic rings. The number of benzene rings is 2. The summed E-state index contributed by atoms with van der Waals surface area (Å²) in [6.07, 6.45) is 1.11. The zero-order valence-electron chi connectivity index (χ0n) is 10.4. The lowest BCUT2D eigenvalue weighted by atomic mass is 10.0. The Hall–Kier alpha value is -1.36. The highest BCUT2D eigenvalue weighted by molar-refractivity contribution is 7.90. The van der Waals surface area contributed by atoms with E-state index in [-0.39, 0.29) is 21.3 Å². The molecule has 0 N–H and O–H groups in total. The van der Waals surface area contributed by atoms with Crippen molar-refractivity contribution in [1.29, 1.82) is 0 Å². The summed E-state index contributed by atoms with van der Waals surface area (Å²) in [6.45, 7) is 0. The molecule has 0 fully saturated rings. The first-order valence-electron chi connectivity index (χ1n) is 5.59. The Morgan fingerprint density at radius 3 is 2.15 bits per heavy atom. The highest BCUT2D eigenvalue weighted by Gasteiger charge is 2.15. The fourth-order valence-electron chi connectivity index (χ4n) is 1.69. The maximum absolute atomic E-state index is 12.3. The fraction of sp³-hybridized carbons (Fsp3) is 0.0714. The van der Waals surface area contributed by atoms with Gasteiger partial charge >= 0.3 is 0 Å². The van der Waals surface area contributed by atoms with Crippen molar-refractivity contribution in [1.82, 2.24) is 0 Å². The van der Waals surface area contributed by atoms with E-state index < -0.39 is 9.84 Å². The molecule has 0 aromatic heterocycles. The molecule has 0 spiro atoms. The number of hydrogen-bond donors (Lipinski definition) is 0. The molecule has 0 bridgehead atoms. The number of hydrogen-bond acceptors (Lipinski definition) is 3. The maximum Gasteiger partial charge on any atom is 0.194 e. The second kappa shape index (κ2) is 5.56. The third-order valence-electron chi connectivity index (χ3n) is 2.74. The molecule has 0 aliphatic heterocycles. The molecule has 6 heteroatoms. The predicted octanol–water partition coefficient (Wildman–Crippen LogP) is 3.63. The Balaban J connectivity index is 2.42. The highest BCUT2D eigenvalue weighted by atomic mass is 35.5. The van der Waals surface area contributed by atoms with Crippen LogP contribution in [0, 0.1) is 0 Å². The first kappa shape index (κ1) is 15.0. The minimum absolute atomic E-state index is 0.159. The van der Waals surface area contributed by atoms with Crippen molar-refractivity contribution in [3.05, 3.63) is 63.6 Å². The van der Waals surface area contributed by atoms with E-state index in [0.29, 0.717) is 10.6 Å². The van der Waals surface area contributed by atoms with Crippen LogP contribution in [0.3, 0.4) is 0 Å². The van der Waals surface area contributed by atoms with Crippen LogP contribution in [0.1, 0.15) is 15.9 Å². The SMILES string of the molecule is CS(=O)(=O)c1ccc(C(=O)c2cccc(Cl)c2Cl)cc1. The molecule has 0 saturated heterocycles. The van der Waals surface area contributed by atoms with Gasteiger partial charge in [-0.15, -0.1) is 0 Å². The van der Waals surface area contributed by atoms with Crippen molar-refractivity contribution in [2.45, 2.75) is 4.90 Å². The molecule has 0 aliphatic carbocycles. The predicted molar refractivity (Wildman–Crippen MR) is 79.4 cm³/mol. The highest BCUT2D eigenvalue weighted by Crippen LogP contribution is 2.27. The molecule has 0 amide bonds. The van der Waals surface area contributed by atoms with Crippen molar-refractivity contribution >= 4 is 38.8 Å². The lowest BCUT2D eigenvalue weighted by Gasteiger charge is -2.06. The van der Waals surface area contributed by atoms with Gasteiger partial charge in [0.15, 0.2) is 15.6 Å². The van der Waals surface area contributed by atoms with E-state index in [2.05, 4.69) is 0 Å². The van der Waals surface area contributed by atoms with E-state index in [1.54, 1.807) is 18.2 Å². The van der Waals surface area contributed by atoms with E-state index in [4.69, 9.17) is 23.2 Å². The minimum atomic E-state index is -3.28. The summed E-state index contributed by atoms with van der Waals surface area (Å²) in [4.78, 5) is 12.4. The Morgan fingerprint density at radius 1 is 1.00 bits per heavy atom. The molecule has 2 rings (SSSR count). The summed E-state index contributed by atoms with van der Waals surface area (Å²) in [6, 6.07) is 10.5. The van der Waals surface area contributed by atoms with Crippen molar-refractivity contribution in [2.75, 3.05) is 6.26 Å². The van der Waals surface area contributed by atoms with Crippen LogP contribution in [0.15, 0.2) is 47.4 Å². The molecular weight excluding hydrogens is 319 g/mol. The molecule has 2 aromatic rings. The van der Waals surface area contributed by atoms with Crippen molar-refractivity contribution in [3.8, 4) is 0 Å². The van der Waals surface area contributed by atoms with Crippen molar-refractivity contribution in [3.63, 3.8) is 0 Å². The lowest BCUT2D eigenvalue weighted by Crippen LogP contribution is -2.03. The minimum Gasteiger partial charge on any atom is -0.289 e. The topological polar surface area (TPSA) is 51.2 Å². The standard InChI is InChI=1S/C14H10Cl2O3S/c1-20(18,19)10-7-5-9(6-8-10)14(17)11-3-2-4-12(15)13(11)16/h2-8H,1H3. The van der Waals surface area contributed by atoms with Crippen molar-refractivity contribution in [2.24, 2.45) is 0 Å². The second-order valence-corrected chi connectivity index (χ2v) is 7.03. The largest absolute Gasteiger partial charge is 0.289 e. The summed E-state index contributed by atoms with van der Waals surface area (Å²) in [5.74, 6) is -0.308. The zero-order valence-corrected chi connectivity index (χ0v) is 12.8. The first-order valence-corrected chi connectivity index (χ1v) is 8.24. The molecular formula is C14H10Cl2O3S. The monoisotopic (exact) mass is 328 g/mol. The van der Waals surface area contributed by atoms with Crippen LogP contribution < -0.4 is 0 Å². The summed E-state index contributed by atoms with van der Waals surface area (Å²) >= 11 is 11.9. The van der Waals surface area contributed by atoms with Gasteiger partial charge in [0.2, 0.25) is 0 Å². The number of ketones is 1. The number of rotatable bonds is 3. The quantitative estimate of drug-likeness (QED) is 0.808. The van der Waals surface area contributed by atoms with E-state index >= 15 is 0 Å². The average molecular weight is 329 g/mol. The Morgan fingerprint density at radius 2 is 1.60 bits per heavy atom. The summed E-state index contributed by atoms with van der Waals surface area (Å²) in [5.41, 5.74) is 0.632. The molecule has 0 radical (unpaired) electrons. The lowest BCUT2D eigenvalue weighted by molar-refractivity contribution is 0.103. The zero-order chi connectivity index (χ0) is 14.9. The van der Waals surface area contributed by atoms with Gasteiger partial charge in [0.1, 0.15) is 0 Å². The fourth-order valence-corrected chi connectivity index (χ4v) is 2.70. The van der Waals surface area contributed by atoms with E-state index in [0.717, 1.165) is 6.26 Å². The molecule has 2 aromatic carbocycles. The van der Waals surface area contributed by atoms with Gasteiger partial charge in [0.25, 0.3) is 0 Å². The number of carbonyl (C=O) groups is 1. The Kier molecular flexibility index (Phi) is 4.18. The van der Waals surface area contributed by atoms with Gasteiger partial charge in [-0.05, 0) is 36.4 Å². The van der Waals surface area contributed by atoms with Gasteiger partial charge in [-0.3, -0.25) is 4.79 Å². The van der Waals surface area contributed by atoms with Crippen LogP contribution >= 0.6 is 23.2 Å². The summed E-state index contributed by atoms with van der Waals surface area (Å²) in [7, 11) is -3.28. The smallest absolute Gasteiger partial charge is 0.194 e. The summed E-state index contributed by atoms with van der Waals surface area (Å²) < 4.78 is 22.7. The molecule has 0 atom stereocenters. The van der Waals surface area contributed by atoms with Gasteiger partial charge < -0.3 is 0 Å². The van der Waals surface area contributed by atoms with E-state index in [9.17, 15) is 13.2 Å². The molecule has 104 valence electrons. The third-order valence-corrected chi connectivity index (χ3v) is 4.69. The van der Waals surface area contributed by atoms with E-state index in [1.807, 2.05) is 0 Å². The normalized spacial score (nSPS) is 11.3. The van der Waals surface area contributed by atoms with Gasteiger partial charge in [0, 0.05) is 17.4 Å². The van der Waals surface area contributed by atoms with Crippen molar-refractivity contribution < 1.29 is 13.2 Å². The number of sulfone groups is 1. The summed E-state index contributed by atoms with van der Waals surface area (Å²) in [5, 5.41) is 0.483. The van der Waals surface area contributed by atoms with E-state index in [1.165, 1.54) is 24.3 Å². The third kappa shape index (κ3) is 3.03. The van der Waals surface area contributed by atoms with Gasteiger partial charge in [-0.1, -0.05) is 29.3 Å². The Labute approximate surface area is 127 Å². The first-order chi connectivity index (χ1) is 9.30. The maximum atomic E-state index is 12.3. The molecule has 0 heterocycles. The molecule has 0 saturated carbocycles. The number of carbonyl (C=O) groups excluding carboxylic acids is 1. The second-order valence-electron chi connectivity index (χ2n) is 4.23. The van der Waals surface area contributed by atoms with Crippen LogP contribution in [-0.2, 0) is 9.84 Å². The number of halogens is 2. The van der Waals surface area contributed by atoms with Crippen LogP contribution in [-0.4, -0.2) is 20.5 Å². The Bertz CT molecular complexity index is 766. The van der Waals surface area contributed by atoms with Gasteiger partial charge in [-0.2, -0.15) is 0 Å². The van der Waals surface area contributed by atoms with Crippen LogP contribution in [0.5, 0.6) is 0 Å². The van der Waals surface area contributed by atoms with Crippen LogP contribution in [0.4, 0.5) is 0 Å². The van der Waals surface area contributed by atoms with Crippen LogP contribution in [0.2, 0.25) is 10.0 Å². The molecule has 0 unspecified atom stereocenters.